The van der Waals surface area contributed by atoms with Gasteiger partial charge in [-0.05, 0) is 44.0 Å². The molecule has 5 heteroatoms. The summed E-state index contributed by atoms with van der Waals surface area (Å²) < 4.78 is 10.5. The lowest BCUT2D eigenvalue weighted by Gasteiger charge is -2.22. The number of carbonyl (C=O) groups is 1. The Morgan fingerprint density at radius 3 is 3.10 bits per heavy atom. The van der Waals surface area contributed by atoms with E-state index in [-0.39, 0.29) is 12.0 Å². The van der Waals surface area contributed by atoms with Crippen molar-refractivity contribution < 1.29 is 14.3 Å². The summed E-state index contributed by atoms with van der Waals surface area (Å²) in [5.41, 5.74) is 0. The molecule has 0 aliphatic carbocycles. The molecule has 0 radical (unpaired) electrons. The molecule has 2 rings (SSSR count). The van der Waals surface area contributed by atoms with E-state index in [4.69, 9.17) is 21.1 Å². The Kier molecular flexibility index (Phi) is 5.68. The Labute approximate surface area is 124 Å². The molecule has 1 aromatic rings. The first-order valence-electron chi connectivity index (χ1n) is 6.91. The van der Waals surface area contributed by atoms with Crippen LogP contribution in [0, 0.1) is 0 Å². The molecule has 1 aliphatic rings. The number of esters is 1. The third-order valence-corrected chi connectivity index (χ3v) is 3.73. The van der Waals surface area contributed by atoms with E-state index in [1.54, 1.807) is 6.07 Å². The lowest BCUT2D eigenvalue weighted by atomic mass is 10.2. The van der Waals surface area contributed by atoms with Gasteiger partial charge >= 0.3 is 5.97 Å². The summed E-state index contributed by atoms with van der Waals surface area (Å²) in [5, 5.41) is 0.674. The van der Waals surface area contributed by atoms with E-state index in [0.717, 1.165) is 38.1 Å². The van der Waals surface area contributed by atoms with Crippen LogP contribution < -0.4 is 4.74 Å². The van der Waals surface area contributed by atoms with Gasteiger partial charge in [0.1, 0.15) is 11.8 Å². The number of nitrogens with zero attached hydrogens (tertiary/aromatic N) is 1. The minimum atomic E-state index is -0.127. The van der Waals surface area contributed by atoms with E-state index in [9.17, 15) is 4.79 Å². The monoisotopic (exact) mass is 297 g/mol. The summed E-state index contributed by atoms with van der Waals surface area (Å²) in [4.78, 5) is 13.8. The molecule has 0 N–H and O–H groups in total. The summed E-state index contributed by atoms with van der Waals surface area (Å²) in [6.07, 6.45) is 2.82. The van der Waals surface area contributed by atoms with Crippen LogP contribution in [-0.2, 0) is 9.53 Å². The van der Waals surface area contributed by atoms with Crippen molar-refractivity contribution in [1.29, 1.82) is 0 Å². The topological polar surface area (TPSA) is 38.8 Å². The number of hydrogen-bond donors (Lipinski definition) is 0. The van der Waals surface area contributed by atoms with E-state index in [2.05, 4.69) is 4.90 Å². The summed E-state index contributed by atoms with van der Waals surface area (Å²) in [6.45, 7) is 2.42. The molecule has 1 fully saturated rings. The van der Waals surface area contributed by atoms with Gasteiger partial charge in [0.15, 0.2) is 0 Å². The first kappa shape index (κ1) is 15.1. The van der Waals surface area contributed by atoms with Crippen LogP contribution in [0.5, 0.6) is 5.75 Å². The van der Waals surface area contributed by atoms with Crippen LogP contribution in [0.2, 0.25) is 5.02 Å². The molecular formula is C15H20ClNO3. The Hall–Kier alpha value is -1.26. The summed E-state index contributed by atoms with van der Waals surface area (Å²) in [5.74, 6) is 0.654. The van der Waals surface area contributed by atoms with E-state index >= 15 is 0 Å². The van der Waals surface area contributed by atoms with Crippen molar-refractivity contribution in [1.82, 2.24) is 4.90 Å². The number of ether oxygens (including phenoxy) is 2. The van der Waals surface area contributed by atoms with Crippen molar-refractivity contribution >= 4 is 17.6 Å². The Balaban J connectivity index is 1.71. The van der Waals surface area contributed by atoms with Gasteiger partial charge in [0.2, 0.25) is 0 Å². The Bertz CT molecular complexity index is 452. The highest BCUT2D eigenvalue weighted by atomic mass is 35.5. The summed E-state index contributed by atoms with van der Waals surface area (Å²) >= 11 is 5.89. The maximum atomic E-state index is 11.6. The van der Waals surface area contributed by atoms with E-state index in [1.807, 2.05) is 18.2 Å². The highest BCUT2D eigenvalue weighted by Crippen LogP contribution is 2.19. The zero-order chi connectivity index (χ0) is 14.4. The number of carbonyl (C=O) groups excluding carboxylic acids is 1. The Morgan fingerprint density at radius 1 is 1.50 bits per heavy atom. The van der Waals surface area contributed by atoms with Crippen molar-refractivity contribution in [3.8, 4) is 5.75 Å². The number of rotatable bonds is 6. The summed E-state index contributed by atoms with van der Waals surface area (Å²) in [6, 6.07) is 7.30. The van der Waals surface area contributed by atoms with Crippen LogP contribution in [0.15, 0.2) is 24.3 Å². The maximum Gasteiger partial charge on any atom is 0.323 e. The predicted molar refractivity (Wildman–Crippen MR) is 78.2 cm³/mol. The molecule has 1 atom stereocenters. The van der Waals surface area contributed by atoms with E-state index < -0.39 is 0 Å². The second-order valence-electron chi connectivity index (χ2n) is 4.88. The van der Waals surface area contributed by atoms with Gasteiger partial charge in [-0.25, -0.2) is 0 Å². The average molecular weight is 298 g/mol. The van der Waals surface area contributed by atoms with Gasteiger partial charge in [-0.2, -0.15) is 0 Å². The van der Waals surface area contributed by atoms with Crippen molar-refractivity contribution in [2.75, 3.05) is 26.8 Å². The quantitative estimate of drug-likeness (QED) is 0.598. The maximum absolute atomic E-state index is 11.6. The lowest BCUT2D eigenvalue weighted by Crippen LogP contribution is -2.37. The lowest BCUT2D eigenvalue weighted by molar-refractivity contribution is -0.145. The van der Waals surface area contributed by atoms with Crippen molar-refractivity contribution in [3.63, 3.8) is 0 Å². The minimum Gasteiger partial charge on any atom is -0.493 e. The molecule has 1 unspecified atom stereocenters. The van der Waals surface area contributed by atoms with Crippen molar-refractivity contribution in [3.05, 3.63) is 29.3 Å². The highest BCUT2D eigenvalue weighted by Gasteiger charge is 2.30. The van der Waals surface area contributed by atoms with Gasteiger partial charge in [0, 0.05) is 11.6 Å². The zero-order valence-electron chi connectivity index (χ0n) is 11.7. The van der Waals surface area contributed by atoms with Gasteiger partial charge in [-0.3, -0.25) is 9.69 Å². The third kappa shape index (κ3) is 4.12. The predicted octanol–water partition coefficient (Wildman–Crippen LogP) is 2.75. The SMILES string of the molecule is COC(=O)C1CCCN1CCCOc1cccc(Cl)c1. The van der Waals surface area contributed by atoms with Crippen LogP contribution in [0.3, 0.4) is 0 Å². The normalized spacial score (nSPS) is 19.0. The van der Waals surface area contributed by atoms with Gasteiger partial charge in [-0.1, -0.05) is 17.7 Å². The first-order valence-corrected chi connectivity index (χ1v) is 7.29. The molecule has 110 valence electrons. The number of methoxy groups -OCH3 is 1. The van der Waals surface area contributed by atoms with Crippen molar-refractivity contribution in [2.24, 2.45) is 0 Å². The molecule has 0 amide bonds. The third-order valence-electron chi connectivity index (χ3n) is 3.49. The fourth-order valence-corrected chi connectivity index (χ4v) is 2.69. The smallest absolute Gasteiger partial charge is 0.323 e. The highest BCUT2D eigenvalue weighted by molar-refractivity contribution is 6.30. The minimum absolute atomic E-state index is 0.0776. The molecule has 0 spiro atoms. The van der Waals surface area contributed by atoms with Crippen LogP contribution in [0.1, 0.15) is 19.3 Å². The molecule has 4 nitrogen and oxygen atoms in total. The van der Waals surface area contributed by atoms with Gasteiger partial charge < -0.3 is 9.47 Å². The fourth-order valence-electron chi connectivity index (χ4n) is 2.51. The standard InChI is InChI=1S/C15H20ClNO3/c1-19-15(18)14-7-3-8-17(14)9-4-10-20-13-6-2-5-12(16)11-13/h2,5-6,11,14H,3-4,7-10H2,1H3. The van der Waals surface area contributed by atoms with E-state index in [0.29, 0.717) is 11.6 Å². The second kappa shape index (κ2) is 7.50. The molecular weight excluding hydrogens is 278 g/mol. The van der Waals surface area contributed by atoms with Crippen LogP contribution >= 0.6 is 11.6 Å². The van der Waals surface area contributed by atoms with Crippen LogP contribution in [0.25, 0.3) is 0 Å². The number of likely N-dealkylation sites (tertiary alicyclic amines) is 1. The molecule has 1 heterocycles. The van der Waals surface area contributed by atoms with Crippen molar-refractivity contribution in [2.45, 2.75) is 25.3 Å². The molecule has 0 saturated carbocycles. The molecule has 1 aromatic carbocycles. The largest absolute Gasteiger partial charge is 0.493 e. The Morgan fingerprint density at radius 2 is 2.35 bits per heavy atom. The van der Waals surface area contributed by atoms with Gasteiger partial charge in [0.05, 0.1) is 13.7 Å². The average Bonchev–Trinajstić information content (AvgIpc) is 2.91. The van der Waals surface area contributed by atoms with E-state index in [1.165, 1.54) is 7.11 Å². The van der Waals surface area contributed by atoms with Gasteiger partial charge in [0.25, 0.3) is 0 Å². The second-order valence-corrected chi connectivity index (χ2v) is 5.31. The van der Waals surface area contributed by atoms with Crippen LogP contribution in [0.4, 0.5) is 0 Å². The molecule has 1 aliphatic heterocycles. The first-order chi connectivity index (χ1) is 9.70. The molecule has 20 heavy (non-hydrogen) atoms. The summed E-state index contributed by atoms with van der Waals surface area (Å²) in [7, 11) is 1.45. The van der Waals surface area contributed by atoms with Crippen LogP contribution in [-0.4, -0.2) is 43.7 Å². The number of halogens is 1. The fraction of sp³-hybridized carbons (Fsp3) is 0.533. The molecule has 0 bridgehead atoms. The molecule has 1 saturated heterocycles. The number of hydrogen-bond acceptors (Lipinski definition) is 4. The van der Waals surface area contributed by atoms with Gasteiger partial charge in [-0.15, -0.1) is 0 Å². The zero-order valence-corrected chi connectivity index (χ0v) is 12.4. The number of benzene rings is 1. The molecule has 0 aromatic heterocycles.